The van der Waals surface area contributed by atoms with Crippen LogP contribution in [0.5, 0.6) is 5.75 Å². The summed E-state index contributed by atoms with van der Waals surface area (Å²) in [6, 6.07) is 6.73. The Morgan fingerprint density at radius 2 is 2.00 bits per heavy atom. The molecule has 3 atom stereocenters. The van der Waals surface area contributed by atoms with Crippen molar-refractivity contribution in [2.24, 2.45) is 5.92 Å². The Morgan fingerprint density at radius 1 is 1.28 bits per heavy atom. The van der Waals surface area contributed by atoms with Gasteiger partial charge in [0, 0.05) is 6.04 Å². The number of aldehydes is 1. The molecule has 1 aliphatic carbocycles. The smallest absolute Gasteiger partial charge is 0.344 e. The molecule has 1 amide bonds. The molecule has 1 aromatic carbocycles. The van der Waals surface area contributed by atoms with Gasteiger partial charge in [0.15, 0.2) is 19.0 Å². The fourth-order valence-electron chi connectivity index (χ4n) is 2.96. The first-order valence-electron chi connectivity index (χ1n) is 8.68. The molecule has 136 valence electrons. The lowest BCUT2D eigenvalue weighted by atomic mass is 9.86. The minimum atomic E-state index is -0.883. The molecular formula is C19H25NO5. The predicted octanol–water partition coefficient (Wildman–Crippen LogP) is 2.50. The quantitative estimate of drug-likeness (QED) is 0.605. The molecule has 1 N–H and O–H groups in total. The van der Waals surface area contributed by atoms with Crippen molar-refractivity contribution in [1.29, 1.82) is 0 Å². The standard InChI is InChI=1S/C19H25NO5/c1-13-7-3-5-9-16(13)20-19(23)14(2)25-18(22)12-24-17-10-6-4-8-15(17)11-21/h4,6,8,10-11,13-14,16H,3,5,7,9,12H2,1-2H3,(H,20,23)/t13-,14-,16+/m1/s1. The summed E-state index contributed by atoms with van der Waals surface area (Å²) in [5.74, 6) is -0.202. The third-order valence-electron chi connectivity index (χ3n) is 4.51. The van der Waals surface area contributed by atoms with E-state index in [9.17, 15) is 14.4 Å². The molecule has 6 nitrogen and oxygen atoms in total. The van der Waals surface area contributed by atoms with Crippen molar-refractivity contribution in [3.63, 3.8) is 0 Å². The van der Waals surface area contributed by atoms with Crippen molar-refractivity contribution < 1.29 is 23.9 Å². The summed E-state index contributed by atoms with van der Waals surface area (Å²) in [6.07, 6.45) is 4.13. The Balaban J connectivity index is 1.79. The molecule has 25 heavy (non-hydrogen) atoms. The van der Waals surface area contributed by atoms with Crippen LogP contribution in [0.25, 0.3) is 0 Å². The van der Waals surface area contributed by atoms with Gasteiger partial charge in [-0.05, 0) is 37.8 Å². The first-order chi connectivity index (χ1) is 12.0. The van der Waals surface area contributed by atoms with Crippen molar-refractivity contribution in [3.05, 3.63) is 29.8 Å². The van der Waals surface area contributed by atoms with E-state index in [-0.39, 0.29) is 18.6 Å². The van der Waals surface area contributed by atoms with Gasteiger partial charge in [0.25, 0.3) is 5.91 Å². The number of esters is 1. The summed E-state index contributed by atoms with van der Waals surface area (Å²) in [5.41, 5.74) is 0.354. The molecular weight excluding hydrogens is 322 g/mol. The summed E-state index contributed by atoms with van der Waals surface area (Å²) in [7, 11) is 0. The van der Waals surface area contributed by atoms with Crippen molar-refractivity contribution in [2.45, 2.75) is 51.7 Å². The van der Waals surface area contributed by atoms with Gasteiger partial charge in [-0.25, -0.2) is 4.79 Å². The zero-order valence-electron chi connectivity index (χ0n) is 14.7. The van der Waals surface area contributed by atoms with Crippen LogP contribution in [0, 0.1) is 5.92 Å². The maximum atomic E-state index is 12.2. The van der Waals surface area contributed by atoms with Crippen LogP contribution in [-0.4, -0.2) is 36.9 Å². The molecule has 0 aromatic heterocycles. The summed E-state index contributed by atoms with van der Waals surface area (Å²) in [5, 5.41) is 2.96. The third-order valence-corrected chi connectivity index (χ3v) is 4.51. The molecule has 2 rings (SSSR count). The fraction of sp³-hybridized carbons (Fsp3) is 0.526. The number of para-hydroxylation sites is 1. The molecule has 1 fully saturated rings. The average molecular weight is 347 g/mol. The van der Waals surface area contributed by atoms with Gasteiger partial charge in [-0.1, -0.05) is 31.9 Å². The Bertz CT molecular complexity index is 616. The Hall–Kier alpha value is -2.37. The second kappa shape index (κ2) is 9.20. The van der Waals surface area contributed by atoms with Gasteiger partial charge in [0.1, 0.15) is 5.75 Å². The van der Waals surface area contributed by atoms with Gasteiger partial charge in [-0.15, -0.1) is 0 Å². The molecule has 0 heterocycles. The van der Waals surface area contributed by atoms with Crippen molar-refractivity contribution in [1.82, 2.24) is 5.32 Å². The molecule has 1 saturated carbocycles. The van der Waals surface area contributed by atoms with Crippen molar-refractivity contribution >= 4 is 18.2 Å². The highest BCUT2D eigenvalue weighted by molar-refractivity contribution is 5.84. The van der Waals surface area contributed by atoms with Crippen LogP contribution in [-0.2, 0) is 14.3 Å². The van der Waals surface area contributed by atoms with E-state index in [0.29, 0.717) is 23.5 Å². The Labute approximate surface area is 147 Å². The number of carbonyl (C=O) groups is 3. The number of hydrogen-bond acceptors (Lipinski definition) is 5. The molecule has 6 heteroatoms. The van der Waals surface area contributed by atoms with Gasteiger partial charge >= 0.3 is 5.97 Å². The Kier molecular flexibility index (Phi) is 6.98. The molecule has 1 aliphatic rings. The highest BCUT2D eigenvalue weighted by Crippen LogP contribution is 2.23. The van der Waals surface area contributed by atoms with Gasteiger partial charge in [0.05, 0.1) is 5.56 Å². The normalized spacial score (nSPS) is 21.0. The van der Waals surface area contributed by atoms with Crippen LogP contribution in [0.4, 0.5) is 0 Å². The minimum Gasteiger partial charge on any atom is -0.481 e. The van der Waals surface area contributed by atoms with Crippen LogP contribution < -0.4 is 10.1 Å². The lowest BCUT2D eigenvalue weighted by Gasteiger charge is -2.30. The maximum absolute atomic E-state index is 12.2. The van der Waals surface area contributed by atoms with Crippen LogP contribution in [0.2, 0.25) is 0 Å². The van der Waals surface area contributed by atoms with Crippen LogP contribution >= 0.6 is 0 Å². The molecule has 0 saturated heterocycles. The second-order valence-electron chi connectivity index (χ2n) is 6.45. The van der Waals surface area contributed by atoms with E-state index in [1.807, 2.05) is 0 Å². The average Bonchev–Trinajstić information content (AvgIpc) is 2.62. The number of ether oxygens (including phenoxy) is 2. The van der Waals surface area contributed by atoms with E-state index < -0.39 is 12.1 Å². The van der Waals surface area contributed by atoms with Crippen LogP contribution in [0.15, 0.2) is 24.3 Å². The second-order valence-corrected chi connectivity index (χ2v) is 6.45. The predicted molar refractivity (Wildman–Crippen MR) is 92.4 cm³/mol. The lowest BCUT2D eigenvalue weighted by Crippen LogP contribution is -2.46. The van der Waals surface area contributed by atoms with Gasteiger partial charge in [-0.3, -0.25) is 9.59 Å². The maximum Gasteiger partial charge on any atom is 0.344 e. The van der Waals surface area contributed by atoms with Crippen molar-refractivity contribution in [3.8, 4) is 5.75 Å². The SMILES string of the molecule is C[C@@H]1CCCC[C@@H]1NC(=O)[C@@H](C)OC(=O)COc1ccccc1C=O. The van der Waals surface area contributed by atoms with Gasteiger partial charge in [0.2, 0.25) is 0 Å². The number of carbonyl (C=O) groups excluding carboxylic acids is 3. The monoisotopic (exact) mass is 347 g/mol. The van der Waals surface area contributed by atoms with E-state index in [1.165, 1.54) is 6.42 Å². The van der Waals surface area contributed by atoms with E-state index >= 15 is 0 Å². The number of amides is 1. The first-order valence-corrected chi connectivity index (χ1v) is 8.68. The summed E-state index contributed by atoms with van der Waals surface area (Å²) in [4.78, 5) is 35.0. The number of hydrogen-bond donors (Lipinski definition) is 1. The lowest BCUT2D eigenvalue weighted by molar-refractivity contribution is -0.157. The highest BCUT2D eigenvalue weighted by atomic mass is 16.6. The highest BCUT2D eigenvalue weighted by Gasteiger charge is 2.26. The first kappa shape index (κ1) is 19.0. The van der Waals surface area contributed by atoms with E-state index in [4.69, 9.17) is 9.47 Å². The number of rotatable bonds is 7. The molecule has 0 unspecified atom stereocenters. The summed E-state index contributed by atoms with van der Waals surface area (Å²) >= 11 is 0. The molecule has 0 bridgehead atoms. The minimum absolute atomic E-state index is 0.137. The largest absolute Gasteiger partial charge is 0.481 e. The van der Waals surface area contributed by atoms with Crippen molar-refractivity contribution in [2.75, 3.05) is 6.61 Å². The van der Waals surface area contributed by atoms with E-state index in [1.54, 1.807) is 31.2 Å². The van der Waals surface area contributed by atoms with Crippen LogP contribution in [0.1, 0.15) is 49.9 Å². The third kappa shape index (κ3) is 5.59. The van der Waals surface area contributed by atoms with Gasteiger partial charge in [-0.2, -0.15) is 0 Å². The number of benzene rings is 1. The molecule has 1 aromatic rings. The molecule has 0 radical (unpaired) electrons. The fourth-order valence-corrected chi connectivity index (χ4v) is 2.96. The Morgan fingerprint density at radius 3 is 2.72 bits per heavy atom. The topological polar surface area (TPSA) is 81.7 Å². The molecule has 0 spiro atoms. The molecule has 0 aliphatic heterocycles. The summed E-state index contributed by atoms with van der Waals surface area (Å²) in [6.45, 7) is 3.31. The van der Waals surface area contributed by atoms with Crippen LogP contribution in [0.3, 0.4) is 0 Å². The zero-order valence-corrected chi connectivity index (χ0v) is 14.7. The van der Waals surface area contributed by atoms with Gasteiger partial charge < -0.3 is 14.8 Å². The summed E-state index contributed by atoms with van der Waals surface area (Å²) < 4.78 is 10.4. The number of nitrogens with one attached hydrogen (secondary N) is 1. The van der Waals surface area contributed by atoms with E-state index in [2.05, 4.69) is 12.2 Å². The van der Waals surface area contributed by atoms with E-state index in [0.717, 1.165) is 19.3 Å². The zero-order chi connectivity index (χ0) is 18.2.